The number of nitrogens with one attached hydrogen (secondary N) is 1. The molecule has 4 heterocycles. The minimum absolute atomic E-state index is 0.0493. The molecular weight excluding hydrogens is 546 g/mol. The van der Waals surface area contributed by atoms with Crippen LogP contribution < -0.4 is 15.5 Å². The van der Waals surface area contributed by atoms with Crippen LogP contribution >= 0.6 is 11.6 Å². The zero-order valence-electron chi connectivity index (χ0n) is 22.6. The molecule has 3 aliphatic heterocycles. The van der Waals surface area contributed by atoms with E-state index in [9.17, 15) is 23.2 Å². The van der Waals surface area contributed by atoms with Gasteiger partial charge in [-0.05, 0) is 39.2 Å². The highest BCUT2D eigenvalue weighted by atomic mass is 35.5. The molecule has 1 aromatic heterocycles. The molecule has 3 aliphatic rings. The number of unbranched alkanes of at least 4 members (excludes halogenated alkanes) is 1. The van der Waals surface area contributed by atoms with Crippen LogP contribution in [0.25, 0.3) is 0 Å². The number of benzene rings is 1. The maximum Gasteiger partial charge on any atom is 0.274 e. The van der Waals surface area contributed by atoms with E-state index in [0.29, 0.717) is 32.2 Å². The molecule has 0 aliphatic carbocycles. The van der Waals surface area contributed by atoms with Gasteiger partial charge in [0.2, 0.25) is 5.43 Å². The van der Waals surface area contributed by atoms with Crippen molar-refractivity contribution in [3.05, 3.63) is 62.0 Å². The van der Waals surface area contributed by atoms with Crippen molar-refractivity contribution >= 4 is 29.1 Å². The Kier molecular flexibility index (Phi) is 7.60. The van der Waals surface area contributed by atoms with Crippen LogP contribution in [0, 0.1) is 11.6 Å². The predicted molar refractivity (Wildman–Crippen MR) is 144 cm³/mol. The van der Waals surface area contributed by atoms with E-state index < -0.39 is 39.6 Å². The first kappa shape index (κ1) is 28.1. The summed E-state index contributed by atoms with van der Waals surface area (Å²) in [5, 5.41) is 6.05. The van der Waals surface area contributed by atoms with Gasteiger partial charge in [-0.2, -0.15) is 0 Å². The molecule has 2 bridgehead atoms. The van der Waals surface area contributed by atoms with Gasteiger partial charge in [0.15, 0.2) is 17.0 Å². The van der Waals surface area contributed by atoms with Gasteiger partial charge in [0.1, 0.15) is 22.2 Å². The highest BCUT2D eigenvalue weighted by molar-refractivity contribution is 6.31. The number of nitrogens with zero attached hydrogens (tertiary/aromatic N) is 3. The molecule has 12 heteroatoms. The van der Waals surface area contributed by atoms with Crippen molar-refractivity contribution in [2.45, 2.75) is 77.1 Å². The fourth-order valence-corrected chi connectivity index (χ4v) is 5.88. The zero-order chi connectivity index (χ0) is 28.8. The molecule has 1 saturated heterocycles. The second-order valence-electron chi connectivity index (χ2n) is 10.7. The Labute approximate surface area is 235 Å². The molecule has 2 amide bonds. The summed E-state index contributed by atoms with van der Waals surface area (Å²) in [5.74, 6) is -3.27. The summed E-state index contributed by atoms with van der Waals surface area (Å²) in [4.78, 5) is 48.6. The third-order valence-corrected chi connectivity index (χ3v) is 8.31. The van der Waals surface area contributed by atoms with Gasteiger partial charge in [-0.3, -0.25) is 14.4 Å². The number of rotatable bonds is 7. The Morgan fingerprint density at radius 1 is 1.32 bits per heavy atom. The lowest BCUT2D eigenvalue weighted by molar-refractivity contribution is -0.0656. The highest BCUT2D eigenvalue weighted by Crippen LogP contribution is 2.46. The van der Waals surface area contributed by atoms with Crippen molar-refractivity contribution in [3.63, 3.8) is 0 Å². The summed E-state index contributed by atoms with van der Waals surface area (Å²) in [6, 6.07) is 1.61. The summed E-state index contributed by atoms with van der Waals surface area (Å²) >= 11 is 5.67. The van der Waals surface area contributed by atoms with E-state index in [1.165, 1.54) is 12.3 Å². The van der Waals surface area contributed by atoms with Crippen LogP contribution in [0.5, 0.6) is 5.75 Å². The maximum absolute atomic E-state index is 14.4. The Morgan fingerprint density at radius 2 is 2.10 bits per heavy atom. The van der Waals surface area contributed by atoms with Crippen LogP contribution in [0.3, 0.4) is 0 Å². The van der Waals surface area contributed by atoms with Gasteiger partial charge < -0.3 is 24.4 Å². The maximum atomic E-state index is 14.4. The average Bonchev–Trinajstić information content (AvgIpc) is 3.26. The quantitative estimate of drug-likeness (QED) is 0.383. The molecule has 0 radical (unpaired) electrons. The van der Waals surface area contributed by atoms with Crippen LogP contribution in [0.2, 0.25) is 5.02 Å². The lowest BCUT2D eigenvalue weighted by atomic mass is 9.84. The minimum Gasteiger partial charge on any atom is -0.487 e. The molecule has 9 nitrogen and oxygen atoms in total. The third-order valence-electron chi connectivity index (χ3n) is 7.97. The number of carbonyl (C=O) groups excluding carboxylic acids is 2. The van der Waals surface area contributed by atoms with Crippen molar-refractivity contribution in [2.24, 2.45) is 5.16 Å². The van der Waals surface area contributed by atoms with Gasteiger partial charge in [0.05, 0.1) is 18.4 Å². The lowest BCUT2D eigenvalue weighted by Crippen LogP contribution is -2.52. The molecule has 2 aromatic rings. The van der Waals surface area contributed by atoms with Crippen LogP contribution in [-0.2, 0) is 11.4 Å². The van der Waals surface area contributed by atoms with Gasteiger partial charge in [0.25, 0.3) is 11.8 Å². The van der Waals surface area contributed by atoms with Crippen LogP contribution in [0.4, 0.5) is 8.78 Å². The first-order chi connectivity index (χ1) is 19.1. The second kappa shape index (κ2) is 10.8. The lowest BCUT2D eigenvalue weighted by Gasteiger charge is -2.42. The number of aromatic nitrogens is 1. The summed E-state index contributed by atoms with van der Waals surface area (Å²) < 4.78 is 35.6. The molecule has 5 rings (SSSR count). The highest BCUT2D eigenvalue weighted by Gasteiger charge is 2.53. The Balaban J connectivity index is 1.59. The monoisotopic (exact) mass is 576 g/mol. The van der Waals surface area contributed by atoms with Crippen molar-refractivity contribution in [2.75, 3.05) is 13.2 Å². The van der Waals surface area contributed by atoms with E-state index in [-0.39, 0.29) is 47.7 Å². The van der Waals surface area contributed by atoms with Crippen molar-refractivity contribution in [1.29, 1.82) is 0 Å². The molecule has 40 heavy (non-hydrogen) atoms. The summed E-state index contributed by atoms with van der Waals surface area (Å²) in [6.45, 7) is 5.96. The summed E-state index contributed by atoms with van der Waals surface area (Å²) in [7, 11) is 0. The predicted octanol–water partition coefficient (Wildman–Crippen LogP) is 4.60. The van der Waals surface area contributed by atoms with Crippen molar-refractivity contribution in [1.82, 2.24) is 14.8 Å². The number of carbonyl (C=O) groups is 2. The molecule has 1 N–H and O–H groups in total. The molecular formula is C28H31ClF2N4O5. The molecule has 1 spiro atoms. The fraction of sp³-hybridized carbons (Fsp3) is 0.500. The molecule has 1 aromatic carbocycles. The molecule has 214 valence electrons. The van der Waals surface area contributed by atoms with Crippen molar-refractivity contribution < 1.29 is 27.9 Å². The number of hydrogen-bond acceptors (Lipinski definition) is 6. The smallest absolute Gasteiger partial charge is 0.274 e. The van der Waals surface area contributed by atoms with E-state index in [1.807, 2.05) is 20.8 Å². The number of halogens is 3. The average molecular weight is 577 g/mol. The number of pyridine rings is 1. The van der Waals surface area contributed by atoms with Gasteiger partial charge in [0, 0.05) is 37.3 Å². The topological polar surface area (TPSA) is 102 Å². The Hall–Kier alpha value is -3.47. The van der Waals surface area contributed by atoms with E-state index in [2.05, 4.69) is 10.5 Å². The van der Waals surface area contributed by atoms with Gasteiger partial charge in [-0.25, -0.2) is 8.78 Å². The first-order valence-electron chi connectivity index (χ1n) is 13.4. The summed E-state index contributed by atoms with van der Waals surface area (Å²) in [6.07, 6.45) is 4.63. The van der Waals surface area contributed by atoms with Crippen LogP contribution in [-0.4, -0.2) is 51.8 Å². The number of fused-ring (bicyclic) bond motifs is 5. The minimum atomic E-state index is -0.998. The molecule has 3 atom stereocenters. The number of oxime groups is 1. The standard InChI is InChI=1S/C28H31ClF2N4O5/c1-4-5-10-39-25-23-27(38)34-14-20(28(9-8-16(34)3)11-15(2)33-40-28)35(23)13-18(24(25)36)26(37)32-12-17-6-7-19(30)21(29)22(17)31/h6-7,13,16,20H,4-5,8-12,14H2,1-3H3,(H,32,37)/t16-,20+,28-/m0/s1. The van der Waals surface area contributed by atoms with Crippen LogP contribution in [0.1, 0.15) is 85.3 Å². The van der Waals surface area contributed by atoms with E-state index in [4.69, 9.17) is 21.2 Å². The van der Waals surface area contributed by atoms with E-state index in [0.717, 1.165) is 18.2 Å². The van der Waals surface area contributed by atoms with Gasteiger partial charge in [-0.15, -0.1) is 0 Å². The molecule has 0 unspecified atom stereocenters. The zero-order valence-corrected chi connectivity index (χ0v) is 23.3. The Morgan fingerprint density at radius 3 is 2.80 bits per heavy atom. The van der Waals surface area contributed by atoms with Gasteiger partial charge >= 0.3 is 0 Å². The summed E-state index contributed by atoms with van der Waals surface area (Å²) in [5.41, 5.74) is -0.934. The molecule has 0 saturated carbocycles. The largest absolute Gasteiger partial charge is 0.487 e. The fourth-order valence-electron chi connectivity index (χ4n) is 5.70. The first-order valence-corrected chi connectivity index (χ1v) is 13.8. The number of amides is 2. The Bertz CT molecular complexity index is 1460. The number of ether oxygens (including phenoxy) is 1. The number of hydrogen-bond donors (Lipinski definition) is 1. The molecule has 1 fully saturated rings. The SMILES string of the molecule is CCCCOc1c2n(cc(C(=O)NCc3ccc(F)c(Cl)c3F)c1=O)[C@@H]1CN(C2=O)[C@@H](C)CC[C@]12CC(C)=NO2. The van der Waals surface area contributed by atoms with Crippen LogP contribution in [0.15, 0.2) is 28.3 Å². The van der Waals surface area contributed by atoms with Gasteiger partial charge in [-0.1, -0.05) is 36.2 Å². The third kappa shape index (κ3) is 4.74. The second-order valence-corrected chi connectivity index (χ2v) is 11.1. The van der Waals surface area contributed by atoms with E-state index in [1.54, 1.807) is 9.47 Å². The normalized spacial score (nSPS) is 23.4. The van der Waals surface area contributed by atoms with Crippen molar-refractivity contribution in [3.8, 4) is 5.75 Å². The van der Waals surface area contributed by atoms with E-state index >= 15 is 0 Å².